The summed E-state index contributed by atoms with van der Waals surface area (Å²) < 4.78 is 5.14. The zero-order valence-electron chi connectivity index (χ0n) is 7.27. The number of rotatable bonds is 4. The number of benzene rings is 1. The van der Waals surface area contributed by atoms with Gasteiger partial charge in [-0.25, -0.2) is 0 Å². The van der Waals surface area contributed by atoms with Crippen LogP contribution in [0.1, 0.15) is 6.42 Å². The van der Waals surface area contributed by atoms with Crippen molar-refractivity contribution in [3.8, 4) is 5.75 Å². The average molecular weight is 375 g/mol. The number of hydrogen-bond acceptors (Lipinski definition) is 2. The van der Waals surface area contributed by atoms with E-state index in [0.717, 1.165) is 0 Å². The molecule has 0 spiro atoms. The molecule has 0 amide bonds. The monoisotopic (exact) mass is 376 g/mol. The first-order chi connectivity index (χ1) is 5.79. The number of carboxylic acid groups (broad SMARTS) is 1. The van der Waals surface area contributed by atoms with Crippen LogP contribution in [0.25, 0.3) is 0 Å². The first kappa shape index (κ1) is 12.4. The van der Waals surface area contributed by atoms with Gasteiger partial charge in [-0.1, -0.05) is 18.2 Å². The minimum atomic E-state index is -0.842. The van der Waals surface area contributed by atoms with Gasteiger partial charge in [-0.15, -0.1) is 0 Å². The molecule has 0 bridgehead atoms. The molecule has 0 saturated heterocycles. The van der Waals surface area contributed by atoms with Gasteiger partial charge < -0.3 is 9.84 Å². The Kier molecular flexibility index (Phi) is 6.57. The molecular weight excluding hydrogens is 363 g/mol. The van der Waals surface area contributed by atoms with Crippen LogP contribution in [-0.4, -0.2) is 45.0 Å². The number of para-hydroxylation sites is 1. The van der Waals surface area contributed by atoms with E-state index in [2.05, 4.69) is 0 Å². The Morgan fingerprint density at radius 1 is 1.31 bits per heavy atom. The van der Waals surface area contributed by atoms with E-state index in [1.54, 1.807) is 12.1 Å². The molecule has 0 aliphatic heterocycles. The van der Waals surface area contributed by atoms with E-state index < -0.39 is 5.97 Å². The van der Waals surface area contributed by atoms with Crippen LogP contribution in [0.4, 0.5) is 0 Å². The molecule has 2 radical (unpaired) electrons. The molecule has 4 heteroatoms. The first-order valence-corrected chi connectivity index (χ1v) is 3.68. The molecule has 0 aliphatic rings. The van der Waals surface area contributed by atoms with Crippen LogP contribution < -0.4 is 4.74 Å². The van der Waals surface area contributed by atoms with Crippen molar-refractivity contribution >= 4 is 33.3 Å². The van der Waals surface area contributed by atoms with Gasteiger partial charge in [0.1, 0.15) is 5.75 Å². The second-order valence-corrected chi connectivity index (χ2v) is 2.31. The molecule has 1 rings (SSSR count). The Morgan fingerprint density at radius 2 is 1.92 bits per heavy atom. The van der Waals surface area contributed by atoms with Crippen molar-refractivity contribution in [2.45, 2.75) is 6.42 Å². The third kappa shape index (κ3) is 5.62. The van der Waals surface area contributed by atoms with Crippen molar-refractivity contribution in [2.24, 2.45) is 0 Å². The summed E-state index contributed by atoms with van der Waals surface area (Å²) in [5, 5.41) is 8.31. The molecule has 1 N–H and O–H groups in total. The van der Waals surface area contributed by atoms with E-state index in [1.807, 2.05) is 18.2 Å². The quantitative estimate of drug-likeness (QED) is 0.785. The standard InChI is InChI=1S/C9H10O3.Pb.2H/c10-9(11)6-7-12-8-4-2-1-3-5-8;;;/h1-5H,6-7H2,(H,10,11);;;. The van der Waals surface area contributed by atoms with Gasteiger partial charge in [0.15, 0.2) is 0 Å². The van der Waals surface area contributed by atoms with Gasteiger partial charge in [-0.3, -0.25) is 4.79 Å². The average Bonchev–Trinajstić information content (AvgIpc) is 2.05. The van der Waals surface area contributed by atoms with E-state index >= 15 is 0 Å². The normalized spacial score (nSPS) is 8.62. The van der Waals surface area contributed by atoms with Gasteiger partial charge >= 0.3 is 33.3 Å². The number of ether oxygens (including phenoxy) is 1. The third-order valence-electron chi connectivity index (χ3n) is 1.33. The molecule has 0 aromatic heterocycles. The Labute approximate surface area is 96.9 Å². The van der Waals surface area contributed by atoms with Crippen LogP contribution in [0.5, 0.6) is 5.75 Å². The maximum absolute atomic E-state index is 10.1. The van der Waals surface area contributed by atoms with Crippen molar-refractivity contribution in [1.82, 2.24) is 0 Å². The molecule has 70 valence electrons. The molecule has 0 fully saturated rings. The molecule has 0 saturated carbocycles. The molecule has 0 unspecified atom stereocenters. The molecule has 13 heavy (non-hydrogen) atoms. The predicted octanol–water partition coefficient (Wildman–Crippen LogP) is 0.624. The predicted molar refractivity (Wildman–Crippen MR) is 52.7 cm³/mol. The van der Waals surface area contributed by atoms with Gasteiger partial charge in [-0.05, 0) is 12.1 Å². The second-order valence-electron chi connectivity index (χ2n) is 2.31. The van der Waals surface area contributed by atoms with E-state index in [-0.39, 0.29) is 40.3 Å². The summed E-state index contributed by atoms with van der Waals surface area (Å²) in [6.07, 6.45) is 0.0366. The molecule has 1 aromatic rings. The Hall–Kier alpha value is -0.588. The number of aliphatic carboxylic acids is 1. The SMILES string of the molecule is O=C(O)CCOc1ccccc1.[PbH2]. The molecule has 0 aliphatic carbocycles. The molecule has 0 atom stereocenters. The van der Waals surface area contributed by atoms with Crippen LogP contribution >= 0.6 is 0 Å². The molecular formula is C9H12O3Pb. The Bertz CT molecular complexity index is 248. The number of carboxylic acids is 1. The van der Waals surface area contributed by atoms with Crippen molar-refractivity contribution in [3.05, 3.63) is 30.3 Å². The van der Waals surface area contributed by atoms with Crippen molar-refractivity contribution in [3.63, 3.8) is 0 Å². The fourth-order valence-corrected chi connectivity index (χ4v) is 0.773. The Morgan fingerprint density at radius 3 is 2.46 bits per heavy atom. The maximum atomic E-state index is 10.1. The van der Waals surface area contributed by atoms with Gasteiger partial charge in [-0.2, -0.15) is 0 Å². The van der Waals surface area contributed by atoms with Crippen molar-refractivity contribution in [1.29, 1.82) is 0 Å². The summed E-state index contributed by atoms with van der Waals surface area (Å²) in [7, 11) is 0. The summed E-state index contributed by atoms with van der Waals surface area (Å²) in [5.74, 6) is -0.135. The van der Waals surface area contributed by atoms with Crippen LogP contribution in [0, 0.1) is 0 Å². The van der Waals surface area contributed by atoms with Gasteiger partial charge in [0, 0.05) is 0 Å². The zero-order chi connectivity index (χ0) is 8.81. The molecule has 0 heterocycles. The number of hydrogen-bond donors (Lipinski definition) is 1. The van der Waals surface area contributed by atoms with Gasteiger partial charge in [0.25, 0.3) is 0 Å². The minimum absolute atomic E-state index is 0. The molecule has 1 aromatic carbocycles. The van der Waals surface area contributed by atoms with Crippen LogP contribution in [0.2, 0.25) is 0 Å². The second kappa shape index (κ2) is 6.88. The molecule has 3 nitrogen and oxygen atoms in total. The summed E-state index contributed by atoms with van der Waals surface area (Å²) in [4.78, 5) is 10.1. The van der Waals surface area contributed by atoms with Crippen molar-refractivity contribution < 1.29 is 14.6 Å². The van der Waals surface area contributed by atoms with Crippen molar-refractivity contribution in [2.75, 3.05) is 6.61 Å². The van der Waals surface area contributed by atoms with E-state index in [0.29, 0.717) is 5.75 Å². The summed E-state index contributed by atoms with van der Waals surface area (Å²) in [5.41, 5.74) is 0. The number of carbonyl (C=O) groups is 1. The zero-order valence-corrected chi connectivity index (χ0v) is 12.8. The van der Waals surface area contributed by atoms with Crippen LogP contribution in [0.3, 0.4) is 0 Å². The summed E-state index contributed by atoms with van der Waals surface area (Å²) in [6.45, 7) is 0.222. The van der Waals surface area contributed by atoms with E-state index in [4.69, 9.17) is 9.84 Å². The third-order valence-corrected chi connectivity index (χ3v) is 1.33. The topological polar surface area (TPSA) is 46.5 Å². The summed E-state index contributed by atoms with van der Waals surface area (Å²) >= 11 is 0. The fourth-order valence-electron chi connectivity index (χ4n) is 0.773. The van der Waals surface area contributed by atoms with Gasteiger partial charge in [0.05, 0.1) is 13.0 Å². The van der Waals surface area contributed by atoms with E-state index in [9.17, 15) is 4.79 Å². The fraction of sp³-hybridized carbons (Fsp3) is 0.222. The van der Waals surface area contributed by atoms with Crippen LogP contribution in [-0.2, 0) is 4.79 Å². The Balaban J connectivity index is 0.00000144. The first-order valence-electron chi connectivity index (χ1n) is 3.68. The van der Waals surface area contributed by atoms with Gasteiger partial charge in [0.2, 0.25) is 0 Å². The van der Waals surface area contributed by atoms with E-state index in [1.165, 1.54) is 0 Å². The summed E-state index contributed by atoms with van der Waals surface area (Å²) in [6, 6.07) is 9.15. The van der Waals surface area contributed by atoms with Crippen LogP contribution in [0.15, 0.2) is 30.3 Å².